The van der Waals surface area contributed by atoms with Crippen molar-refractivity contribution in [2.24, 2.45) is 5.92 Å². The van der Waals surface area contributed by atoms with Crippen molar-refractivity contribution in [1.29, 1.82) is 0 Å². The van der Waals surface area contributed by atoms with Crippen LogP contribution in [-0.4, -0.2) is 30.8 Å². The normalized spacial score (nSPS) is 18.2. The minimum atomic E-state index is -0.0207. The van der Waals surface area contributed by atoms with Crippen molar-refractivity contribution in [2.45, 2.75) is 38.5 Å². The summed E-state index contributed by atoms with van der Waals surface area (Å²) in [7, 11) is 3.54. The van der Waals surface area contributed by atoms with Gasteiger partial charge >= 0.3 is 0 Å². The fourth-order valence-electron chi connectivity index (χ4n) is 3.97. The Kier molecular flexibility index (Phi) is 4.57. The largest absolute Gasteiger partial charge is 0.344 e. The summed E-state index contributed by atoms with van der Waals surface area (Å²) >= 11 is 1.58. The average Bonchev–Trinajstić information content (AvgIpc) is 3.26. The summed E-state index contributed by atoms with van der Waals surface area (Å²) in [5.74, 6) is 0.122. The quantitative estimate of drug-likeness (QED) is 0.898. The van der Waals surface area contributed by atoms with Gasteiger partial charge in [0.25, 0.3) is 5.91 Å². The lowest BCUT2D eigenvalue weighted by atomic mass is 9.87. The zero-order valence-electron chi connectivity index (χ0n) is 15.3. The Hall–Kier alpha value is -2.14. The van der Waals surface area contributed by atoms with Gasteiger partial charge in [-0.1, -0.05) is 6.07 Å². The molecule has 0 saturated carbocycles. The molecule has 1 N–H and O–H groups in total. The summed E-state index contributed by atoms with van der Waals surface area (Å²) in [6, 6.07) is 8.29. The summed E-state index contributed by atoms with van der Waals surface area (Å²) in [6.45, 7) is 0. The Balaban J connectivity index is 1.45. The first-order valence-corrected chi connectivity index (χ1v) is 10.1. The highest BCUT2D eigenvalue weighted by atomic mass is 32.1. The van der Waals surface area contributed by atoms with Crippen molar-refractivity contribution in [1.82, 2.24) is 4.90 Å². The minimum absolute atomic E-state index is 0.0207. The smallest absolute Gasteiger partial charge is 0.263 e. The third-order valence-corrected chi connectivity index (χ3v) is 6.66. The maximum atomic E-state index is 12.7. The van der Waals surface area contributed by atoms with Crippen molar-refractivity contribution in [2.75, 3.05) is 19.4 Å². The van der Waals surface area contributed by atoms with Crippen LogP contribution in [0.25, 0.3) is 0 Å². The molecule has 0 saturated heterocycles. The van der Waals surface area contributed by atoms with Crippen LogP contribution >= 0.6 is 11.3 Å². The third kappa shape index (κ3) is 3.28. The van der Waals surface area contributed by atoms with Gasteiger partial charge < -0.3 is 10.2 Å². The molecule has 5 heteroatoms. The molecule has 26 heavy (non-hydrogen) atoms. The standard InChI is InChI=1S/C21H24N2O2S/c1-23(2)21(25)19-12-16-10-15(7-9-18(16)26-19)20(24)22-17-8-6-13-4-3-5-14(13)11-17/h6,8,11-12,15H,3-5,7,9-10H2,1-2H3,(H,22,24)/t15-/m1/s1. The molecule has 0 fully saturated rings. The van der Waals surface area contributed by atoms with Crippen molar-refractivity contribution >= 4 is 28.8 Å². The van der Waals surface area contributed by atoms with E-state index in [0.29, 0.717) is 0 Å². The first-order chi connectivity index (χ1) is 12.5. The number of anilines is 1. The Bertz CT molecular complexity index is 869. The molecular weight excluding hydrogens is 344 g/mol. The zero-order valence-corrected chi connectivity index (χ0v) is 16.1. The Morgan fingerprint density at radius 2 is 1.88 bits per heavy atom. The third-order valence-electron chi connectivity index (χ3n) is 5.44. The van der Waals surface area contributed by atoms with Crippen LogP contribution in [0.4, 0.5) is 5.69 Å². The first-order valence-electron chi connectivity index (χ1n) is 9.27. The van der Waals surface area contributed by atoms with Crippen LogP contribution in [0, 0.1) is 5.92 Å². The molecule has 0 bridgehead atoms. The molecular formula is C21H24N2O2S. The van der Waals surface area contributed by atoms with E-state index >= 15 is 0 Å². The molecule has 0 radical (unpaired) electrons. The number of aryl methyl sites for hydroxylation is 3. The molecule has 2 amide bonds. The van der Waals surface area contributed by atoms with Crippen LogP contribution in [0.3, 0.4) is 0 Å². The highest BCUT2D eigenvalue weighted by Crippen LogP contribution is 2.33. The van der Waals surface area contributed by atoms with E-state index in [4.69, 9.17) is 0 Å². The number of rotatable bonds is 3. The number of thiophene rings is 1. The molecule has 2 aromatic rings. The molecule has 136 valence electrons. The fraction of sp³-hybridized carbons (Fsp3) is 0.429. The van der Waals surface area contributed by atoms with Gasteiger partial charge in [-0.05, 0) is 73.4 Å². The van der Waals surface area contributed by atoms with Crippen LogP contribution in [-0.2, 0) is 30.5 Å². The average molecular weight is 369 g/mol. The number of hydrogen-bond acceptors (Lipinski definition) is 3. The zero-order chi connectivity index (χ0) is 18.3. The molecule has 2 aliphatic rings. The summed E-state index contributed by atoms with van der Waals surface area (Å²) in [5.41, 5.74) is 4.87. The second-order valence-corrected chi connectivity index (χ2v) is 8.66. The van der Waals surface area contributed by atoms with Crippen molar-refractivity contribution in [3.05, 3.63) is 50.7 Å². The number of amides is 2. The molecule has 1 aromatic heterocycles. The van der Waals surface area contributed by atoms with E-state index in [1.165, 1.54) is 28.0 Å². The minimum Gasteiger partial charge on any atom is -0.344 e. The van der Waals surface area contributed by atoms with Gasteiger partial charge in [-0.2, -0.15) is 0 Å². The summed E-state index contributed by atoms with van der Waals surface area (Å²) < 4.78 is 0. The van der Waals surface area contributed by atoms with Gasteiger partial charge in [-0.3, -0.25) is 9.59 Å². The predicted octanol–water partition coefficient (Wildman–Crippen LogP) is 3.68. The lowest BCUT2D eigenvalue weighted by Crippen LogP contribution is -2.27. The predicted molar refractivity (Wildman–Crippen MR) is 105 cm³/mol. The van der Waals surface area contributed by atoms with Crippen molar-refractivity contribution < 1.29 is 9.59 Å². The second-order valence-electron chi connectivity index (χ2n) is 7.52. The van der Waals surface area contributed by atoms with Gasteiger partial charge in [0.1, 0.15) is 0 Å². The van der Waals surface area contributed by atoms with E-state index in [9.17, 15) is 9.59 Å². The van der Waals surface area contributed by atoms with Crippen LogP contribution < -0.4 is 5.32 Å². The fourth-order valence-corrected chi connectivity index (χ4v) is 5.20. The second kappa shape index (κ2) is 6.88. The highest BCUT2D eigenvalue weighted by molar-refractivity contribution is 7.14. The van der Waals surface area contributed by atoms with Gasteiger partial charge in [0.2, 0.25) is 5.91 Å². The number of carbonyl (C=O) groups is 2. The van der Waals surface area contributed by atoms with E-state index < -0.39 is 0 Å². The Morgan fingerprint density at radius 3 is 2.69 bits per heavy atom. The van der Waals surface area contributed by atoms with Gasteiger partial charge in [0.15, 0.2) is 0 Å². The molecule has 0 aliphatic heterocycles. The number of carbonyl (C=O) groups excluding carboxylic acids is 2. The van der Waals surface area contributed by atoms with E-state index in [1.807, 2.05) is 12.1 Å². The molecule has 1 atom stereocenters. The number of hydrogen-bond donors (Lipinski definition) is 1. The molecule has 4 rings (SSSR count). The number of nitrogens with zero attached hydrogens (tertiary/aromatic N) is 1. The lowest BCUT2D eigenvalue weighted by molar-refractivity contribution is -0.120. The maximum Gasteiger partial charge on any atom is 0.263 e. The van der Waals surface area contributed by atoms with E-state index in [-0.39, 0.29) is 17.7 Å². The number of fused-ring (bicyclic) bond motifs is 2. The van der Waals surface area contributed by atoms with Crippen molar-refractivity contribution in [3.8, 4) is 0 Å². The summed E-state index contributed by atoms with van der Waals surface area (Å²) in [4.78, 5) is 28.6. The van der Waals surface area contributed by atoms with E-state index in [0.717, 1.165) is 42.7 Å². The van der Waals surface area contributed by atoms with Crippen LogP contribution in [0.15, 0.2) is 24.3 Å². The number of nitrogens with one attached hydrogen (secondary N) is 1. The summed E-state index contributed by atoms with van der Waals surface area (Å²) in [5, 5.41) is 3.11. The Morgan fingerprint density at radius 1 is 1.08 bits per heavy atom. The van der Waals surface area contributed by atoms with Gasteiger partial charge in [-0.25, -0.2) is 0 Å². The topological polar surface area (TPSA) is 49.4 Å². The van der Waals surface area contributed by atoms with Crippen LogP contribution in [0.5, 0.6) is 0 Å². The van der Waals surface area contributed by atoms with E-state index in [2.05, 4.69) is 17.4 Å². The molecule has 0 spiro atoms. The lowest BCUT2D eigenvalue weighted by Gasteiger charge is -2.21. The molecule has 2 aliphatic carbocycles. The van der Waals surface area contributed by atoms with Crippen LogP contribution in [0.1, 0.15) is 44.1 Å². The van der Waals surface area contributed by atoms with E-state index in [1.54, 1.807) is 30.3 Å². The first kappa shape index (κ1) is 17.3. The van der Waals surface area contributed by atoms with Gasteiger partial charge in [0, 0.05) is 30.6 Å². The summed E-state index contributed by atoms with van der Waals surface area (Å²) in [6.07, 6.45) is 5.93. The van der Waals surface area contributed by atoms with Crippen molar-refractivity contribution in [3.63, 3.8) is 0 Å². The SMILES string of the molecule is CN(C)C(=O)c1cc2c(s1)CC[C@@H](C(=O)Nc1ccc3c(c1)CCC3)C2. The van der Waals surface area contributed by atoms with Crippen LogP contribution in [0.2, 0.25) is 0 Å². The monoisotopic (exact) mass is 368 g/mol. The van der Waals surface area contributed by atoms with Gasteiger partial charge in [-0.15, -0.1) is 11.3 Å². The molecule has 0 unspecified atom stereocenters. The Labute approximate surface area is 158 Å². The van der Waals surface area contributed by atoms with Gasteiger partial charge in [0.05, 0.1) is 4.88 Å². The maximum absolute atomic E-state index is 12.7. The molecule has 4 nitrogen and oxygen atoms in total. The molecule has 1 heterocycles. The number of benzene rings is 1. The highest BCUT2D eigenvalue weighted by Gasteiger charge is 2.28. The molecule has 1 aromatic carbocycles.